The van der Waals surface area contributed by atoms with E-state index in [0.717, 1.165) is 12.3 Å². The monoisotopic (exact) mass is 266 g/mol. The molecule has 2 aromatic rings. The summed E-state index contributed by atoms with van der Waals surface area (Å²) in [6.45, 7) is 0. The highest BCUT2D eigenvalue weighted by Gasteiger charge is 2.48. The van der Waals surface area contributed by atoms with Gasteiger partial charge in [0.15, 0.2) is 5.75 Å². The molecule has 0 saturated heterocycles. The van der Waals surface area contributed by atoms with Gasteiger partial charge in [0.25, 0.3) is 0 Å². The summed E-state index contributed by atoms with van der Waals surface area (Å²) in [6.07, 6.45) is 2.45. The molecule has 0 N–H and O–H groups in total. The fraction of sp³-hybridized carbons (Fsp3) is 0.125. The topological polar surface area (TPSA) is 60.7 Å². The van der Waals surface area contributed by atoms with E-state index in [9.17, 15) is 21.6 Å². The summed E-state index contributed by atoms with van der Waals surface area (Å²) in [6, 6.07) is 4.09. The molecule has 0 spiro atoms. The third kappa shape index (κ3) is 2.18. The molecule has 2 rings (SSSR count). The Kier molecular flexibility index (Phi) is 2.49. The van der Waals surface area contributed by atoms with Crippen molar-refractivity contribution in [3.8, 4) is 5.75 Å². The van der Waals surface area contributed by atoms with Gasteiger partial charge in [-0.2, -0.15) is 26.7 Å². The third-order valence-corrected chi connectivity index (χ3v) is 2.84. The third-order valence-electron chi connectivity index (χ3n) is 1.86. The average Bonchev–Trinajstić information content (AvgIpc) is 2.62. The Morgan fingerprint density at radius 2 is 1.94 bits per heavy atom. The molecule has 0 radical (unpaired) electrons. The van der Waals surface area contributed by atoms with Crippen molar-refractivity contribution in [3.05, 3.63) is 30.6 Å². The molecule has 2 heterocycles. The summed E-state index contributed by atoms with van der Waals surface area (Å²) < 4.78 is 62.7. The van der Waals surface area contributed by atoms with Crippen LogP contribution in [0.25, 0.3) is 5.52 Å². The van der Waals surface area contributed by atoms with Crippen LogP contribution in [0.3, 0.4) is 0 Å². The highest BCUT2D eigenvalue weighted by molar-refractivity contribution is 7.87. The maximum atomic E-state index is 12.0. The number of alkyl halides is 3. The van der Waals surface area contributed by atoms with Crippen LogP contribution < -0.4 is 4.18 Å². The Morgan fingerprint density at radius 1 is 1.24 bits per heavy atom. The lowest BCUT2D eigenvalue weighted by Gasteiger charge is -2.09. The van der Waals surface area contributed by atoms with Crippen molar-refractivity contribution in [1.29, 1.82) is 0 Å². The number of nitrogens with zero attached hydrogens (tertiary/aromatic N) is 2. The Hall–Kier alpha value is -1.77. The number of hydrogen-bond donors (Lipinski definition) is 0. The number of hydrogen-bond acceptors (Lipinski definition) is 4. The Morgan fingerprint density at radius 3 is 2.59 bits per heavy atom. The van der Waals surface area contributed by atoms with Gasteiger partial charge in [0.1, 0.15) is 0 Å². The fourth-order valence-electron chi connectivity index (χ4n) is 1.12. The van der Waals surface area contributed by atoms with Gasteiger partial charge in [-0.15, -0.1) is 0 Å². The molecule has 92 valence electrons. The Labute approximate surface area is 93.5 Å². The molecule has 0 aromatic carbocycles. The summed E-state index contributed by atoms with van der Waals surface area (Å²) in [5.74, 6) is -0.460. The zero-order chi connectivity index (χ0) is 12.7. The predicted octanol–water partition coefficient (Wildman–Crippen LogP) is 1.56. The van der Waals surface area contributed by atoms with Crippen LogP contribution in [-0.2, 0) is 10.1 Å². The van der Waals surface area contributed by atoms with Gasteiger partial charge in [0, 0.05) is 6.20 Å². The van der Waals surface area contributed by atoms with Gasteiger partial charge >= 0.3 is 15.6 Å². The van der Waals surface area contributed by atoms with Crippen LogP contribution in [0.1, 0.15) is 0 Å². The van der Waals surface area contributed by atoms with Crippen molar-refractivity contribution in [2.75, 3.05) is 0 Å². The van der Waals surface area contributed by atoms with Crippen LogP contribution >= 0.6 is 0 Å². The van der Waals surface area contributed by atoms with E-state index in [2.05, 4.69) is 9.28 Å². The van der Waals surface area contributed by atoms with Crippen LogP contribution in [0.15, 0.2) is 30.6 Å². The molecule has 9 heteroatoms. The van der Waals surface area contributed by atoms with Gasteiger partial charge < -0.3 is 4.18 Å². The van der Waals surface area contributed by atoms with E-state index in [0.29, 0.717) is 5.52 Å². The molecule has 17 heavy (non-hydrogen) atoms. The zero-order valence-corrected chi connectivity index (χ0v) is 8.86. The van der Waals surface area contributed by atoms with Crippen molar-refractivity contribution in [3.63, 3.8) is 0 Å². The number of rotatable bonds is 2. The zero-order valence-electron chi connectivity index (χ0n) is 8.05. The normalized spacial score (nSPS) is 12.9. The lowest BCUT2D eigenvalue weighted by atomic mass is 10.4. The van der Waals surface area contributed by atoms with Crippen molar-refractivity contribution < 1.29 is 25.8 Å². The van der Waals surface area contributed by atoms with E-state index in [4.69, 9.17) is 0 Å². The fourth-order valence-corrected chi connectivity index (χ4v) is 1.57. The molecule has 0 unspecified atom stereocenters. The SMILES string of the molecule is O=S(=O)(Oc1ccc2ccnn2c1)C(F)(F)F. The first-order valence-corrected chi connectivity index (χ1v) is 5.64. The Balaban J connectivity index is 2.36. The molecule has 0 amide bonds. The molecule has 0 saturated carbocycles. The van der Waals surface area contributed by atoms with E-state index >= 15 is 0 Å². The first-order chi connectivity index (χ1) is 7.79. The number of fused-ring (bicyclic) bond motifs is 1. The second-order valence-electron chi connectivity index (χ2n) is 3.05. The van der Waals surface area contributed by atoms with Crippen LogP contribution in [0.2, 0.25) is 0 Å². The van der Waals surface area contributed by atoms with E-state index < -0.39 is 21.4 Å². The molecular weight excluding hydrogens is 261 g/mol. The van der Waals surface area contributed by atoms with Crippen LogP contribution in [0, 0.1) is 0 Å². The molecule has 0 bridgehead atoms. The highest BCUT2D eigenvalue weighted by Crippen LogP contribution is 2.26. The van der Waals surface area contributed by atoms with Gasteiger partial charge in [-0.1, -0.05) is 0 Å². The van der Waals surface area contributed by atoms with Crippen LogP contribution in [0.5, 0.6) is 5.75 Å². The molecule has 0 aliphatic carbocycles. The van der Waals surface area contributed by atoms with Gasteiger partial charge in [-0.05, 0) is 18.2 Å². The lowest BCUT2D eigenvalue weighted by molar-refractivity contribution is -0.0500. The minimum Gasteiger partial charge on any atom is -0.374 e. The predicted molar refractivity (Wildman–Crippen MR) is 50.8 cm³/mol. The van der Waals surface area contributed by atoms with E-state index in [1.165, 1.54) is 16.8 Å². The van der Waals surface area contributed by atoms with Gasteiger partial charge in [0.05, 0.1) is 11.7 Å². The molecule has 0 aliphatic heterocycles. The van der Waals surface area contributed by atoms with E-state index in [-0.39, 0.29) is 0 Å². The van der Waals surface area contributed by atoms with Crippen molar-refractivity contribution in [1.82, 2.24) is 9.61 Å². The summed E-state index contributed by atoms with van der Waals surface area (Å²) in [5, 5.41) is 3.73. The molecule has 0 fully saturated rings. The number of aromatic nitrogens is 2. The summed E-state index contributed by atoms with van der Waals surface area (Å²) in [7, 11) is -5.64. The summed E-state index contributed by atoms with van der Waals surface area (Å²) in [5.41, 5.74) is -4.85. The van der Waals surface area contributed by atoms with E-state index in [1.54, 1.807) is 6.07 Å². The standard InChI is InChI=1S/C8H5F3N2O3S/c9-8(10,11)17(14,15)16-7-2-1-6-3-4-12-13(6)5-7/h1-5H. The molecular formula is C8H5F3N2O3S. The second-order valence-corrected chi connectivity index (χ2v) is 4.59. The largest absolute Gasteiger partial charge is 0.534 e. The number of pyridine rings is 1. The van der Waals surface area contributed by atoms with Gasteiger partial charge in [-0.25, -0.2) is 4.52 Å². The van der Waals surface area contributed by atoms with Crippen LogP contribution in [0.4, 0.5) is 13.2 Å². The quantitative estimate of drug-likeness (QED) is 0.611. The second kappa shape index (κ2) is 3.62. The maximum Gasteiger partial charge on any atom is 0.534 e. The smallest absolute Gasteiger partial charge is 0.374 e. The minimum absolute atomic E-state index is 0.460. The van der Waals surface area contributed by atoms with E-state index in [1.807, 2.05) is 0 Å². The minimum atomic E-state index is -5.64. The Bertz CT molecular complexity index is 647. The van der Waals surface area contributed by atoms with Gasteiger partial charge in [0.2, 0.25) is 0 Å². The first-order valence-electron chi connectivity index (χ1n) is 4.24. The number of halogens is 3. The van der Waals surface area contributed by atoms with Crippen LogP contribution in [-0.4, -0.2) is 23.5 Å². The summed E-state index contributed by atoms with van der Waals surface area (Å²) >= 11 is 0. The lowest BCUT2D eigenvalue weighted by Crippen LogP contribution is -2.28. The molecule has 5 nitrogen and oxygen atoms in total. The van der Waals surface area contributed by atoms with Gasteiger partial charge in [-0.3, -0.25) is 0 Å². The summed E-state index contributed by atoms with van der Waals surface area (Å²) in [4.78, 5) is 0. The molecule has 0 aliphatic rings. The molecule has 2 aromatic heterocycles. The van der Waals surface area contributed by atoms with Crippen molar-refractivity contribution in [2.24, 2.45) is 0 Å². The molecule has 0 atom stereocenters. The van der Waals surface area contributed by atoms with Crippen molar-refractivity contribution >= 4 is 15.6 Å². The highest BCUT2D eigenvalue weighted by atomic mass is 32.2. The van der Waals surface area contributed by atoms with Crippen molar-refractivity contribution in [2.45, 2.75) is 5.51 Å². The average molecular weight is 266 g/mol. The maximum absolute atomic E-state index is 12.0. The first kappa shape index (κ1) is 11.7.